The van der Waals surface area contributed by atoms with E-state index in [2.05, 4.69) is 14.7 Å². The Morgan fingerprint density at radius 3 is 3.00 bits per heavy atom. The molecule has 74 valence electrons. The van der Waals surface area contributed by atoms with Crippen molar-refractivity contribution < 1.29 is 4.52 Å². The van der Waals surface area contributed by atoms with Gasteiger partial charge in [-0.3, -0.25) is 9.51 Å². The molecule has 0 atom stereocenters. The Balaban J connectivity index is 2.55. The highest BCUT2D eigenvalue weighted by molar-refractivity contribution is 5.51. The number of rotatable bonds is 2. The van der Waals surface area contributed by atoms with Crippen molar-refractivity contribution in [3.05, 3.63) is 28.4 Å². The van der Waals surface area contributed by atoms with E-state index in [1.165, 1.54) is 0 Å². The van der Waals surface area contributed by atoms with Crippen molar-refractivity contribution in [3.8, 4) is 11.5 Å². The zero-order valence-corrected chi connectivity index (χ0v) is 8.07. The van der Waals surface area contributed by atoms with Crippen molar-refractivity contribution in [3.63, 3.8) is 0 Å². The molecule has 2 rings (SSSR count). The molecule has 0 unspecified atom stereocenters. The van der Waals surface area contributed by atoms with Crippen LogP contribution in [-0.4, -0.2) is 14.7 Å². The Morgan fingerprint density at radius 2 is 2.43 bits per heavy atom. The molecule has 2 aromatic heterocycles. The van der Waals surface area contributed by atoms with E-state index in [9.17, 15) is 4.79 Å². The maximum Gasteiger partial charge on any atom is 0.439 e. The molecular formula is C9H11N3O2. The standard InChI is InChI=1S/C9H11N3O2/c1-3-12-5-6(2)4-7(12)8-10-9(13)14-11-8/h4-5H,3H2,1-2H3,(H,10,11,13). The Kier molecular flexibility index (Phi) is 1.99. The summed E-state index contributed by atoms with van der Waals surface area (Å²) >= 11 is 0. The van der Waals surface area contributed by atoms with Gasteiger partial charge in [0.25, 0.3) is 0 Å². The third-order valence-electron chi connectivity index (χ3n) is 2.06. The number of nitrogens with one attached hydrogen (secondary N) is 1. The Hall–Kier alpha value is -1.78. The van der Waals surface area contributed by atoms with Gasteiger partial charge in [0.15, 0.2) is 5.82 Å². The van der Waals surface area contributed by atoms with Crippen LogP contribution in [0.5, 0.6) is 0 Å². The van der Waals surface area contributed by atoms with E-state index in [-0.39, 0.29) is 0 Å². The van der Waals surface area contributed by atoms with E-state index >= 15 is 0 Å². The molecule has 5 heteroatoms. The summed E-state index contributed by atoms with van der Waals surface area (Å²) in [5.41, 5.74) is 2.00. The summed E-state index contributed by atoms with van der Waals surface area (Å²) in [4.78, 5) is 13.3. The number of H-pyrrole nitrogens is 1. The molecule has 0 bridgehead atoms. The van der Waals surface area contributed by atoms with E-state index in [4.69, 9.17) is 0 Å². The van der Waals surface area contributed by atoms with E-state index < -0.39 is 5.76 Å². The molecule has 0 saturated heterocycles. The highest BCUT2D eigenvalue weighted by Gasteiger charge is 2.09. The summed E-state index contributed by atoms with van der Waals surface area (Å²) in [5.74, 6) is -0.0496. The van der Waals surface area contributed by atoms with Crippen LogP contribution in [0.1, 0.15) is 12.5 Å². The number of hydrogen-bond acceptors (Lipinski definition) is 3. The van der Waals surface area contributed by atoms with E-state index in [1.54, 1.807) is 0 Å². The van der Waals surface area contributed by atoms with Crippen LogP contribution in [0.4, 0.5) is 0 Å². The van der Waals surface area contributed by atoms with Crippen LogP contribution >= 0.6 is 0 Å². The zero-order valence-electron chi connectivity index (χ0n) is 8.07. The van der Waals surface area contributed by atoms with Crippen molar-refractivity contribution in [1.29, 1.82) is 0 Å². The predicted octanol–water partition coefficient (Wildman–Crippen LogP) is 1.16. The molecule has 5 nitrogen and oxygen atoms in total. The maximum atomic E-state index is 10.8. The second-order valence-electron chi connectivity index (χ2n) is 3.13. The van der Waals surface area contributed by atoms with Crippen LogP contribution in [-0.2, 0) is 6.54 Å². The van der Waals surface area contributed by atoms with Gasteiger partial charge < -0.3 is 4.57 Å². The molecule has 0 radical (unpaired) electrons. The highest BCUT2D eigenvalue weighted by Crippen LogP contribution is 2.17. The maximum absolute atomic E-state index is 10.8. The largest absolute Gasteiger partial charge is 0.439 e. The molecule has 2 heterocycles. The van der Waals surface area contributed by atoms with Gasteiger partial charge in [-0.15, -0.1) is 0 Å². The van der Waals surface area contributed by atoms with Gasteiger partial charge in [0, 0.05) is 12.7 Å². The molecule has 0 fully saturated rings. The smallest absolute Gasteiger partial charge is 0.345 e. The quantitative estimate of drug-likeness (QED) is 0.778. The molecular weight excluding hydrogens is 182 g/mol. The van der Waals surface area contributed by atoms with Crippen molar-refractivity contribution in [2.75, 3.05) is 0 Å². The SMILES string of the molecule is CCn1cc(C)cc1-c1noc(=O)[nH]1. The lowest BCUT2D eigenvalue weighted by Gasteiger charge is -2.00. The van der Waals surface area contributed by atoms with Crippen LogP contribution in [0.25, 0.3) is 11.5 Å². The summed E-state index contributed by atoms with van der Waals surface area (Å²) in [6, 6.07) is 1.96. The fraction of sp³-hybridized carbons (Fsp3) is 0.333. The zero-order chi connectivity index (χ0) is 10.1. The summed E-state index contributed by atoms with van der Waals surface area (Å²) in [7, 11) is 0. The van der Waals surface area contributed by atoms with Gasteiger partial charge in [-0.2, -0.15) is 0 Å². The lowest BCUT2D eigenvalue weighted by Crippen LogP contribution is -1.98. The first kappa shape index (κ1) is 8.80. The normalized spacial score (nSPS) is 10.7. The highest BCUT2D eigenvalue weighted by atomic mass is 16.5. The second kappa shape index (κ2) is 3.17. The fourth-order valence-electron chi connectivity index (χ4n) is 1.46. The summed E-state index contributed by atoms with van der Waals surface area (Å²) in [6.07, 6.45) is 2.00. The first-order valence-electron chi connectivity index (χ1n) is 4.44. The molecule has 0 aromatic carbocycles. The Bertz CT molecular complexity index is 492. The van der Waals surface area contributed by atoms with E-state index in [0.29, 0.717) is 5.82 Å². The number of aromatic nitrogens is 3. The number of aryl methyl sites for hydroxylation is 2. The lowest BCUT2D eigenvalue weighted by atomic mass is 10.3. The third-order valence-corrected chi connectivity index (χ3v) is 2.06. The molecule has 0 aliphatic carbocycles. The average molecular weight is 193 g/mol. The molecule has 14 heavy (non-hydrogen) atoms. The summed E-state index contributed by atoms with van der Waals surface area (Å²) < 4.78 is 6.46. The molecule has 0 aliphatic rings. The Morgan fingerprint density at radius 1 is 1.64 bits per heavy atom. The van der Waals surface area contributed by atoms with Gasteiger partial charge in [0.1, 0.15) is 0 Å². The van der Waals surface area contributed by atoms with Crippen molar-refractivity contribution >= 4 is 0 Å². The van der Waals surface area contributed by atoms with Gasteiger partial charge in [0.05, 0.1) is 5.69 Å². The fourth-order valence-corrected chi connectivity index (χ4v) is 1.46. The molecule has 1 N–H and O–H groups in total. The van der Waals surface area contributed by atoms with Crippen molar-refractivity contribution in [2.24, 2.45) is 0 Å². The number of aromatic amines is 1. The van der Waals surface area contributed by atoms with Crippen molar-refractivity contribution in [2.45, 2.75) is 20.4 Å². The van der Waals surface area contributed by atoms with Gasteiger partial charge >= 0.3 is 5.76 Å². The van der Waals surface area contributed by atoms with Crippen LogP contribution in [0, 0.1) is 6.92 Å². The second-order valence-corrected chi connectivity index (χ2v) is 3.13. The predicted molar refractivity (Wildman–Crippen MR) is 51.0 cm³/mol. The van der Waals surface area contributed by atoms with E-state index in [1.807, 2.05) is 30.7 Å². The van der Waals surface area contributed by atoms with Gasteiger partial charge in [-0.05, 0) is 25.5 Å². The minimum absolute atomic E-state index is 0.477. The van der Waals surface area contributed by atoms with Crippen LogP contribution in [0.2, 0.25) is 0 Å². The monoisotopic (exact) mass is 193 g/mol. The lowest BCUT2D eigenvalue weighted by molar-refractivity contribution is 0.387. The first-order chi connectivity index (χ1) is 6.70. The minimum Gasteiger partial charge on any atom is -0.345 e. The van der Waals surface area contributed by atoms with E-state index in [0.717, 1.165) is 17.8 Å². The summed E-state index contributed by atoms with van der Waals surface area (Å²) in [5, 5.41) is 3.64. The molecule has 0 amide bonds. The minimum atomic E-state index is -0.526. The first-order valence-corrected chi connectivity index (χ1v) is 4.44. The van der Waals surface area contributed by atoms with Gasteiger partial charge in [0.2, 0.25) is 0 Å². The summed E-state index contributed by atoms with van der Waals surface area (Å²) in [6.45, 7) is 4.85. The van der Waals surface area contributed by atoms with Gasteiger partial charge in [-0.1, -0.05) is 5.16 Å². The van der Waals surface area contributed by atoms with Crippen LogP contribution in [0.3, 0.4) is 0 Å². The number of hydrogen-bond donors (Lipinski definition) is 1. The van der Waals surface area contributed by atoms with Crippen LogP contribution < -0.4 is 5.76 Å². The molecule has 2 aromatic rings. The third kappa shape index (κ3) is 1.37. The molecule has 0 aliphatic heterocycles. The molecule has 0 spiro atoms. The van der Waals surface area contributed by atoms with Crippen LogP contribution in [0.15, 0.2) is 21.6 Å². The van der Waals surface area contributed by atoms with Gasteiger partial charge in [-0.25, -0.2) is 4.79 Å². The topological polar surface area (TPSA) is 63.8 Å². The van der Waals surface area contributed by atoms with Crippen molar-refractivity contribution in [1.82, 2.24) is 14.7 Å². The average Bonchev–Trinajstić information content (AvgIpc) is 2.71. The Labute approximate surface area is 80.3 Å². The molecule has 0 saturated carbocycles. The number of nitrogens with zero attached hydrogens (tertiary/aromatic N) is 2.